The maximum atomic E-state index is 11.6. The van der Waals surface area contributed by atoms with E-state index in [1.54, 1.807) is 17.9 Å². The molecule has 1 amide bonds. The van der Waals surface area contributed by atoms with Crippen LogP contribution in [0.15, 0.2) is 12.5 Å². The lowest BCUT2D eigenvalue weighted by molar-refractivity contribution is -0.137. The Morgan fingerprint density at radius 2 is 2.32 bits per heavy atom. The molecule has 1 rings (SSSR count). The van der Waals surface area contributed by atoms with Crippen molar-refractivity contribution in [2.45, 2.75) is 32.2 Å². The average molecular weight is 269 g/mol. The molecule has 2 N–H and O–H groups in total. The van der Waals surface area contributed by atoms with Gasteiger partial charge in [-0.15, -0.1) is 0 Å². The number of ether oxygens (including phenoxy) is 1. The van der Waals surface area contributed by atoms with Crippen molar-refractivity contribution < 1.29 is 19.4 Å². The zero-order valence-electron chi connectivity index (χ0n) is 11.1. The van der Waals surface area contributed by atoms with E-state index >= 15 is 0 Å². The Kier molecular flexibility index (Phi) is 5.84. The number of imidazole rings is 1. The number of amides is 1. The lowest BCUT2D eigenvalue weighted by Crippen LogP contribution is -2.32. The van der Waals surface area contributed by atoms with Gasteiger partial charge >= 0.3 is 12.1 Å². The Balaban J connectivity index is 2.63. The normalized spacial score (nSPS) is 11.9. The molecular formula is C12H19N3O4. The van der Waals surface area contributed by atoms with Crippen molar-refractivity contribution in [1.29, 1.82) is 0 Å². The average Bonchev–Trinajstić information content (AvgIpc) is 2.74. The summed E-state index contributed by atoms with van der Waals surface area (Å²) in [5, 5.41) is 11.4. The number of alkyl carbamates (subject to hydrolysis) is 1. The smallest absolute Gasteiger partial charge is 0.407 e. The molecule has 0 saturated heterocycles. The van der Waals surface area contributed by atoms with Crippen molar-refractivity contribution in [3.05, 3.63) is 18.2 Å². The molecule has 0 spiro atoms. The second kappa shape index (κ2) is 7.40. The summed E-state index contributed by atoms with van der Waals surface area (Å²) < 4.78 is 6.63. The van der Waals surface area contributed by atoms with Crippen LogP contribution in [0.1, 0.15) is 37.9 Å². The van der Waals surface area contributed by atoms with Crippen LogP contribution in [0.4, 0.5) is 4.79 Å². The van der Waals surface area contributed by atoms with Gasteiger partial charge in [-0.2, -0.15) is 0 Å². The van der Waals surface area contributed by atoms with E-state index in [2.05, 4.69) is 10.3 Å². The van der Waals surface area contributed by atoms with Crippen molar-refractivity contribution in [2.75, 3.05) is 6.61 Å². The third kappa shape index (κ3) is 4.99. The van der Waals surface area contributed by atoms with Crippen LogP contribution in [0.3, 0.4) is 0 Å². The summed E-state index contributed by atoms with van der Waals surface area (Å²) in [7, 11) is 1.74. The molecule has 1 aromatic rings. The van der Waals surface area contributed by atoms with Crippen molar-refractivity contribution in [2.24, 2.45) is 7.05 Å². The van der Waals surface area contributed by atoms with Gasteiger partial charge in [-0.25, -0.2) is 9.78 Å². The van der Waals surface area contributed by atoms with Crippen LogP contribution in [-0.4, -0.2) is 33.3 Å². The summed E-state index contributed by atoms with van der Waals surface area (Å²) in [5.41, 5.74) is 0.620. The van der Waals surface area contributed by atoms with Crippen LogP contribution in [-0.2, 0) is 16.6 Å². The van der Waals surface area contributed by atoms with Crippen molar-refractivity contribution >= 4 is 12.1 Å². The second-order valence-corrected chi connectivity index (χ2v) is 4.21. The molecule has 0 bridgehead atoms. The first kappa shape index (κ1) is 15.0. The summed E-state index contributed by atoms with van der Waals surface area (Å²) in [6.45, 7) is 2.32. The van der Waals surface area contributed by atoms with Gasteiger partial charge in [0, 0.05) is 7.05 Å². The molecule has 0 aliphatic carbocycles. The first-order valence-corrected chi connectivity index (χ1v) is 6.16. The summed E-state index contributed by atoms with van der Waals surface area (Å²) >= 11 is 0. The highest BCUT2D eigenvalue weighted by atomic mass is 16.5. The topological polar surface area (TPSA) is 93.4 Å². The van der Waals surface area contributed by atoms with E-state index in [1.165, 1.54) is 6.20 Å². The quantitative estimate of drug-likeness (QED) is 0.731. The number of aliphatic carboxylic acids is 1. The number of nitrogens with zero attached hydrogens (tertiary/aromatic N) is 2. The van der Waals surface area contributed by atoms with Crippen molar-refractivity contribution in [3.8, 4) is 0 Å². The van der Waals surface area contributed by atoms with E-state index in [9.17, 15) is 9.59 Å². The predicted octanol–water partition coefficient (Wildman–Crippen LogP) is 1.46. The molecule has 7 nitrogen and oxygen atoms in total. The number of carbonyl (C=O) groups is 2. The van der Waals surface area contributed by atoms with Gasteiger partial charge in [-0.1, -0.05) is 13.3 Å². The number of carboxylic acids is 1. The third-order valence-electron chi connectivity index (χ3n) is 2.61. The predicted molar refractivity (Wildman–Crippen MR) is 67.6 cm³/mol. The fourth-order valence-corrected chi connectivity index (χ4v) is 1.60. The Hall–Kier alpha value is -2.05. The fourth-order valence-electron chi connectivity index (χ4n) is 1.60. The second-order valence-electron chi connectivity index (χ2n) is 4.21. The van der Waals surface area contributed by atoms with Gasteiger partial charge < -0.3 is 19.7 Å². The standard InChI is InChI=1S/C12H19N3O4/c1-3-4-5-19-12(18)14-9(6-11(16)17)10-7-13-8-15(10)2/h7-9H,3-6H2,1-2H3,(H,14,18)(H,16,17). The van der Waals surface area contributed by atoms with E-state index in [4.69, 9.17) is 9.84 Å². The van der Waals surface area contributed by atoms with Gasteiger partial charge in [-0.3, -0.25) is 4.79 Å². The lowest BCUT2D eigenvalue weighted by Gasteiger charge is -2.17. The Labute approximate surface area is 111 Å². The number of hydrogen-bond acceptors (Lipinski definition) is 4. The fraction of sp³-hybridized carbons (Fsp3) is 0.583. The van der Waals surface area contributed by atoms with E-state index in [1.807, 2.05) is 6.92 Å². The Morgan fingerprint density at radius 1 is 1.58 bits per heavy atom. The monoisotopic (exact) mass is 269 g/mol. The maximum Gasteiger partial charge on any atom is 0.407 e. The first-order valence-electron chi connectivity index (χ1n) is 6.16. The number of nitrogens with one attached hydrogen (secondary N) is 1. The molecule has 1 atom stereocenters. The number of aromatic nitrogens is 2. The minimum Gasteiger partial charge on any atom is -0.481 e. The van der Waals surface area contributed by atoms with Crippen LogP contribution >= 0.6 is 0 Å². The molecule has 1 aromatic heterocycles. The van der Waals surface area contributed by atoms with Crippen LogP contribution < -0.4 is 5.32 Å². The SMILES string of the molecule is CCCCOC(=O)NC(CC(=O)O)c1cncn1C. The number of rotatable bonds is 7. The van der Waals surface area contributed by atoms with Gasteiger partial charge in [0.2, 0.25) is 0 Å². The minimum absolute atomic E-state index is 0.220. The summed E-state index contributed by atoms with van der Waals surface area (Å²) in [4.78, 5) is 26.3. The van der Waals surface area contributed by atoms with Gasteiger partial charge in [0.1, 0.15) is 0 Å². The number of unbranched alkanes of at least 4 members (excludes halogenated alkanes) is 1. The molecule has 0 aliphatic heterocycles. The number of carboxylic acid groups (broad SMARTS) is 1. The van der Waals surface area contributed by atoms with E-state index in [0.717, 1.165) is 12.8 Å². The summed E-state index contributed by atoms with van der Waals surface area (Å²) in [6, 6.07) is -0.654. The van der Waals surface area contributed by atoms with Gasteiger partial charge in [-0.05, 0) is 6.42 Å². The van der Waals surface area contributed by atoms with Crippen molar-refractivity contribution in [3.63, 3.8) is 0 Å². The molecule has 0 aromatic carbocycles. The van der Waals surface area contributed by atoms with E-state index < -0.39 is 18.1 Å². The van der Waals surface area contributed by atoms with E-state index in [-0.39, 0.29) is 6.42 Å². The maximum absolute atomic E-state index is 11.6. The van der Waals surface area contributed by atoms with Crippen LogP contribution in [0.5, 0.6) is 0 Å². The zero-order chi connectivity index (χ0) is 14.3. The minimum atomic E-state index is -1.000. The number of aryl methyl sites for hydroxylation is 1. The molecular weight excluding hydrogens is 250 g/mol. The van der Waals surface area contributed by atoms with Crippen molar-refractivity contribution in [1.82, 2.24) is 14.9 Å². The van der Waals surface area contributed by atoms with E-state index in [0.29, 0.717) is 12.3 Å². The highest BCUT2D eigenvalue weighted by Crippen LogP contribution is 2.15. The molecule has 1 heterocycles. The number of carbonyl (C=O) groups excluding carboxylic acids is 1. The Morgan fingerprint density at radius 3 is 2.84 bits per heavy atom. The van der Waals surface area contributed by atoms with Crippen LogP contribution in [0.2, 0.25) is 0 Å². The highest BCUT2D eigenvalue weighted by molar-refractivity contribution is 5.71. The summed E-state index contributed by atoms with van der Waals surface area (Å²) in [6.07, 6.45) is 3.95. The molecule has 7 heteroatoms. The highest BCUT2D eigenvalue weighted by Gasteiger charge is 2.21. The van der Waals surface area contributed by atoms with Gasteiger partial charge in [0.15, 0.2) is 0 Å². The summed E-state index contributed by atoms with van der Waals surface area (Å²) in [5.74, 6) is -1.000. The molecule has 0 saturated carbocycles. The third-order valence-corrected chi connectivity index (χ3v) is 2.61. The van der Waals surface area contributed by atoms with Gasteiger partial charge in [0.25, 0.3) is 0 Å². The molecule has 106 valence electrons. The Bertz CT molecular complexity index is 430. The molecule has 0 aliphatic rings. The molecule has 0 fully saturated rings. The molecule has 19 heavy (non-hydrogen) atoms. The van der Waals surface area contributed by atoms with Crippen LogP contribution in [0.25, 0.3) is 0 Å². The number of hydrogen-bond donors (Lipinski definition) is 2. The zero-order valence-corrected chi connectivity index (χ0v) is 11.1. The first-order chi connectivity index (χ1) is 9.04. The van der Waals surface area contributed by atoms with Crippen LogP contribution in [0, 0.1) is 0 Å². The molecule has 1 unspecified atom stereocenters. The molecule has 0 radical (unpaired) electrons. The largest absolute Gasteiger partial charge is 0.481 e. The van der Waals surface area contributed by atoms with Gasteiger partial charge in [0.05, 0.1) is 37.3 Å². The lowest BCUT2D eigenvalue weighted by atomic mass is 10.1.